The van der Waals surface area contributed by atoms with E-state index in [0.29, 0.717) is 31.4 Å². The first-order valence-electron chi connectivity index (χ1n) is 7.86. The van der Waals surface area contributed by atoms with Crippen molar-refractivity contribution in [1.82, 2.24) is 14.5 Å². The number of ether oxygens (including phenoxy) is 1. The molecule has 0 amide bonds. The lowest BCUT2D eigenvalue weighted by Crippen LogP contribution is -2.41. The quantitative estimate of drug-likeness (QED) is 0.771. The number of hydrogen-bond donors (Lipinski definition) is 0. The molecule has 2 aromatic heterocycles. The molecule has 24 heavy (non-hydrogen) atoms. The molecule has 1 saturated heterocycles. The molecule has 0 aromatic carbocycles. The molecule has 7 nitrogen and oxygen atoms in total. The third kappa shape index (κ3) is 4.41. The molecular weight excluding hydrogens is 350 g/mol. The zero-order valence-electron chi connectivity index (χ0n) is 13.8. The number of morpholine rings is 1. The second kappa shape index (κ2) is 7.30. The van der Waals surface area contributed by atoms with Crippen LogP contribution in [0.2, 0.25) is 0 Å². The van der Waals surface area contributed by atoms with Crippen molar-refractivity contribution in [2.24, 2.45) is 0 Å². The van der Waals surface area contributed by atoms with Crippen LogP contribution in [0.25, 0.3) is 0 Å². The number of aromatic nitrogens is 2. The second-order valence-electron chi connectivity index (χ2n) is 5.88. The molecular formula is C15H21N3O4S2. The summed E-state index contributed by atoms with van der Waals surface area (Å²) in [6.07, 6.45) is 3.32. The summed E-state index contributed by atoms with van der Waals surface area (Å²) in [5.41, 5.74) is 0. The molecule has 2 aromatic rings. The van der Waals surface area contributed by atoms with Crippen molar-refractivity contribution in [2.75, 3.05) is 26.0 Å². The number of thiophene rings is 1. The maximum atomic E-state index is 11.7. The standard InChI is InChI=1S/C15H21N3O4S2/c1-11-6-7-12(23-11)4-3-5-14-16-17-15(22-14)13-10-18(8-9-21-13)24(2,19)20/h6-7,13H,3-5,8-10H2,1-2H3/t13-/m1/s1. The number of aryl methyl sites for hydroxylation is 3. The minimum atomic E-state index is -3.24. The molecule has 132 valence electrons. The fraction of sp³-hybridized carbons (Fsp3) is 0.600. The molecule has 0 aliphatic carbocycles. The first kappa shape index (κ1) is 17.5. The fourth-order valence-corrected chi connectivity index (χ4v) is 4.35. The van der Waals surface area contributed by atoms with Gasteiger partial charge in [0, 0.05) is 29.3 Å². The van der Waals surface area contributed by atoms with E-state index in [1.165, 1.54) is 20.3 Å². The molecule has 1 fully saturated rings. The third-order valence-corrected chi connectivity index (χ3v) is 6.20. The van der Waals surface area contributed by atoms with Crippen LogP contribution >= 0.6 is 11.3 Å². The topological polar surface area (TPSA) is 85.5 Å². The highest BCUT2D eigenvalue weighted by Gasteiger charge is 2.30. The highest BCUT2D eigenvalue weighted by molar-refractivity contribution is 7.88. The molecule has 0 radical (unpaired) electrons. The Labute approximate surface area is 145 Å². The molecule has 1 aliphatic rings. The van der Waals surface area contributed by atoms with E-state index in [0.717, 1.165) is 12.8 Å². The van der Waals surface area contributed by atoms with Gasteiger partial charge in [-0.2, -0.15) is 4.31 Å². The summed E-state index contributed by atoms with van der Waals surface area (Å²) >= 11 is 1.80. The molecule has 1 aliphatic heterocycles. The highest BCUT2D eigenvalue weighted by atomic mass is 32.2. The second-order valence-corrected chi connectivity index (χ2v) is 9.24. The van der Waals surface area contributed by atoms with Crippen LogP contribution < -0.4 is 0 Å². The molecule has 0 bridgehead atoms. The van der Waals surface area contributed by atoms with Crippen molar-refractivity contribution in [2.45, 2.75) is 32.3 Å². The maximum Gasteiger partial charge on any atom is 0.246 e. The van der Waals surface area contributed by atoms with Crippen LogP contribution in [0.4, 0.5) is 0 Å². The number of sulfonamides is 1. The first-order chi connectivity index (χ1) is 11.4. The van der Waals surface area contributed by atoms with E-state index < -0.39 is 16.1 Å². The van der Waals surface area contributed by atoms with Crippen LogP contribution in [0.3, 0.4) is 0 Å². The van der Waals surface area contributed by atoms with Gasteiger partial charge >= 0.3 is 0 Å². The SMILES string of the molecule is Cc1ccc(CCCc2nnc([C@H]3CN(S(C)(=O)=O)CCO3)o2)s1. The van der Waals surface area contributed by atoms with Crippen LogP contribution in [0, 0.1) is 6.92 Å². The summed E-state index contributed by atoms with van der Waals surface area (Å²) in [6.45, 7) is 3.00. The predicted molar refractivity (Wildman–Crippen MR) is 90.5 cm³/mol. The summed E-state index contributed by atoms with van der Waals surface area (Å²) in [5.74, 6) is 0.920. The summed E-state index contributed by atoms with van der Waals surface area (Å²) in [7, 11) is -3.24. The lowest BCUT2D eigenvalue weighted by Gasteiger charge is -2.29. The Morgan fingerprint density at radius 2 is 2.17 bits per heavy atom. The number of nitrogens with zero attached hydrogens (tertiary/aromatic N) is 3. The average Bonchev–Trinajstić information content (AvgIpc) is 3.16. The van der Waals surface area contributed by atoms with Gasteiger partial charge in [0.25, 0.3) is 0 Å². The molecule has 0 unspecified atom stereocenters. The molecule has 0 saturated carbocycles. The molecule has 3 rings (SSSR count). The molecule has 3 heterocycles. The van der Waals surface area contributed by atoms with E-state index in [9.17, 15) is 8.42 Å². The van der Waals surface area contributed by atoms with Crippen LogP contribution in [-0.2, 0) is 27.6 Å². The van der Waals surface area contributed by atoms with E-state index in [1.54, 1.807) is 11.3 Å². The largest absolute Gasteiger partial charge is 0.422 e. The zero-order chi connectivity index (χ0) is 17.2. The van der Waals surface area contributed by atoms with Gasteiger partial charge in [-0.15, -0.1) is 21.5 Å². The van der Waals surface area contributed by atoms with Gasteiger partial charge in [0.1, 0.15) is 6.10 Å². The minimum Gasteiger partial charge on any atom is -0.422 e. The smallest absolute Gasteiger partial charge is 0.246 e. The van der Waals surface area contributed by atoms with Crippen LogP contribution in [0.15, 0.2) is 16.5 Å². The maximum absolute atomic E-state index is 11.7. The van der Waals surface area contributed by atoms with Crippen LogP contribution in [0.5, 0.6) is 0 Å². The molecule has 1 atom stereocenters. The van der Waals surface area contributed by atoms with Gasteiger partial charge in [0.2, 0.25) is 21.8 Å². The monoisotopic (exact) mass is 371 g/mol. The Morgan fingerprint density at radius 3 is 2.88 bits per heavy atom. The Balaban J connectivity index is 1.55. The Kier molecular flexibility index (Phi) is 5.33. The van der Waals surface area contributed by atoms with Crippen molar-refractivity contribution >= 4 is 21.4 Å². The van der Waals surface area contributed by atoms with Crippen molar-refractivity contribution < 1.29 is 17.6 Å². The van der Waals surface area contributed by atoms with Crippen LogP contribution in [0.1, 0.15) is 34.1 Å². The van der Waals surface area contributed by atoms with Crippen molar-refractivity contribution in [3.63, 3.8) is 0 Å². The van der Waals surface area contributed by atoms with E-state index in [-0.39, 0.29) is 6.54 Å². The van der Waals surface area contributed by atoms with E-state index >= 15 is 0 Å². The molecule has 0 N–H and O–H groups in total. The minimum absolute atomic E-state index is 0.217. The normalized spacial score (nSPS) is 19.7. The third-order valence-electron chi connectivity index (χ3n) is 3.87. The molecule has 0 spiro atoms. The van der Waals surface area contributed by atoms with Gasteiger partial charge in [-0.05, 0) is 31.9 Å². The Hall–Kier alpha value is -1.29. The summed E-state index contributed by atoms with van der Waals surface area (Å²) in [6, 6.07) is 4.27. The van der Waals surface area contributed by atoms with E-state index in [2.05, 4.69) is 29.3 Å². The van der Waals surface area contributed by atoms with Crippen LogP contribution in [-0.4, -0.2) is 48.9 Å². The zero-order valence-corrected chi connectivity index (χ0v) is 15.4. The van der Waals surface area contributed by atoms with Gasteiger partial charge in [0.15, 0.2) is 0 Å². The van der Waals surface area contributed by atoms with Crippen molar-refractivity contribution in [1.29, 1.82) is 0 Å². The van der Waals surface area contributed by atoms with Gasteiger partial charge in [-0.3, -0.25) is 0 Å². The fourth-order valence-electron chi connectivity index (χ4n) is 2.61. The van der Waals surface area contributed by atoms with E-state index in [4.69, 9.17) is 9.15 Å². The van der Waals surface area contributed by atoms with E-state index in [1.807, 2.05) is 0 Å². The first-order valence-corrected chi connectivity index (χ1v) is 10.5. The molecule has 9 heteroatoms. The predicted octanol–water partition coefficient (Wildman–Crippen LogP) is 1.95. The lowest BCUT2D eigenvalue weighted by atomic mass is 10.2. The summed E-state index contributed by atoms with van der Waals surface area (Å²) < 4.78 is 35.9. The highest BCUT2D eigenvalue weighted by Crippen LogP contribution is 2.23. The lowest BCUT2D eigenvalue weighted by molar-refractivity contribution is -0.0176. The van der Waals surface area contributed by atoms with Gasteiger partial charge in [0.05, 0.1) is 12.9 Å². The Bertz CT molecular complexity index is 784. The van der Waals surface area contributed by atoms with Gasteiger partial charge in [-0.1, -0.05) is 0 Å². The van der Waals surface area contributed by atoms with Gasteiger partial charge in [-0.25, -0.2) is 8.42 Å². The van der Waals surface area contributed by atoms with Crippen molar-refractivity contribution in [3.05, 3.63) is 33.7 Å². The Morgan fingerprint density at radius 1 is 1.33 bits per heavy atom. The summed E-state index contributed by atoms with van der Waals surface area (Å²) in [4.78, 5) is 2.67. The number of hydrogen-bond acceptors (Lipinski definition) is 7. The van der Waals surface area contributed by atoms with Gasteiger partial charge < -0.3 is 9.15 Å². The summed E-state index contributed by atoms with van der Waals surface area (Å²) in [5, 5.41) is 8.08. The average molecular weight is 371 g/mol. The number of rotatable bonds is 6. The van der Waals surface area contributed by atoms with Crippen molar-refractivity contribution in [3.8, 4) is 0 Å².